The largest absolute Gasteiger partial charge is 0.334 e. The number of aromatic nitrogens is 2. The number of carbonyl (C=O) groups is 1. The van der Waals surface area contributed by atoms with Crippen molar-refractivity contribution in [3.8, 4) is 0 Å². The normalized spacial score (nSPS) is 13.1. The monoisotopic (exact) mass is 463 g/mol. The van der Waals surface area contributed by atoms with Gasteiger partial charge in [0.15, 0.2) is 0 Å². The summed E-state index contributed by atoms with van der Waals surface area (Å²) in [5, 5.41) is 0.531. The number of aryl methyl sites for hydroxylation is 2. The van der Waals surface area contributed by atoms with Crippen molar-refractivity contribution in [2.24, 2.45) is 0 Å². The van der Waals surface area contributed by atoms with Gasteiger partial charge in [0.05, 0.1) is 10.3 Å². The van der Waals surface area contributed by atoms with Gasteiger partial charge in [0, 0.05) is 36.1 Å². The Hall–Kier alpha value is -2.06. The summed E-state index contributed by atoms with van der Waals surface area (Å²) in [4.78, 5) is 33.4. The zero-order chi connectivity index (χ0) is 20.0. The molecule has 8 heteroatoms. The highest BCUT2D eigenvalue weighted by Crippen LogP contribution is 2.30. The fourth-order valence-electron chi connectivity index (χ4n) is 3.62. The third-order valence-electron chi connectivity index (χ3n) is 5.14. The van der Waals surface area contributed by atoms with Gasteiger partial charge >= 0.3 is 0 Å². The zero-order valence-electron chi connectivity index (χ0n) is 15.6. The molecule has 3 aromatic rings. The minimum atomic E-state index is -0.348. The molecule has 0 radical (unpaired) electrons. The first-order valence-corrected chi connectivity index (χ1v) is 10.8. The summed E-state index contributed by atoms with van der Waals surface area (Å²) >= 11 is 4.60. The van der Waals surface area contributed by atoms with Gasteiger partial charge in [-0.25, -0.2) is 9.37 Å². The lowest BCUT2D eigenvalue weighted by molar-refractivity contribution is 0.0755. The molecule has 1 aliphatic heterocycles. The van der Waals surface area contributed by atoms with Crippen LogP contribution >= 0.6 is 27.3 Å². The highest BCUT2D eigenvalue weighted by molar-refractivity contribution is 9.10. The number of nitrogens with zero attached hydrogens (tertiary/aromatic N) is 3. The van der Waals surface area contributed by atoms with Crippen molar-refractivity contribution in [3.63, 3.8) is 0 Å². The van der Waals surface area contributed by atoms with Gasteiger partial charge in [-0.3, -0.25) is 14.2 Å². The quantitative estimate of drug-likeness (QED) is 0.580. The summed E-state index contributed by atoms with van der Waals surface area (Å²) in [6, 6.07) is 4.70. The summed E-state index contributed by atoms with van der Waals surface area (Å²) in [6.45, 7) is 4.93. The topological polar surface area (TPSA) is 55.2 Å². The zero-order valence-corrected chi connectivity index (χ0v) is 18.0. The third-order valence-corrected chi connectivity index (χ3v) is 6.81. The maximum atomic E-state index is 14.2. The van der Waals surface area contributed by atoms with E-state index in [2.05, 4.69) is 20.9 Å². The lowest BCUT2D eigenvalue weighted by Gasteiger charge is -2.21. The van der Waals surface area contributed by atoms with Crippen LogP contribution in [0.5, 0.6) is 0 Å². The molecule has 146 valence electrons. The Morgan fingerprint density at radius 1 is 1.43 bits per heavy atom. The van der Waals surface area contributed by atoms with Crippen molar-refractivity contribution >= 4 is 43.4 Å². The van der Waals surface area contributed by atoms with Gasteiger partial charge in [-0.15, -0.1) is 11.3 Å². The molecule has 1 amide bonds. The van der Waals surface area contributed by atoms with Crippen molar-refractivity contribution in [1.29, 1.82) is 0 Å². The molecule has 0 spiro atoms. The van der Waals surface area contributed by atoms with Crippen molar-refractivity contribution in [2.45, 2.75) is 39.8 Å². The van der Waals surface area contributed by atoms with Crippen LogP contribution in [0.25, 0.3) is 10.2 Å². The molecule has 0 aliphatic carbocycles. The van der Waals surface area contributed by atoms with E-state index in [1.807, 2.05) is 6.92 Å². The van der Waals surface area contributed by atoms with Gasteiger partial charge in [0.2, 0.25) is 0 Å². The fraction of sp³-hybridized carbons (Fsp3) is 0.350. The maximum absolute atomic E-state index is 14.2. The Morgan fingerprint density at radius 3 is 2.96 bits per heavy atom. The molecular formula is C20H19BrFN3O2S. The number of amides is 1. The standard InChI is InChI=1S/C20H19BrFN3O2S/c1-3-24(10-12-9-13(21)6-7-14(12)22)20(27)17-11(2)16-18(28-17)23-15-5-4-8-25(15)19(16)26/h6-7,9H,3-5,8,10H2,1-2H3. The molecule has 4 rings (SSSR count). The Balaban J connectivity index is 1.73. The van der Waals surface area contributed by atoms with E-state index in [4.69, 9.17) is 0 Å². The predicted molar refractivity (Wildman–Crippen MR) is 111 cm³/mol. The van der Waals surface area contributed by atoms with Crippen LogP contribution in [0, 0.1) is 12.7 Å². The van der Waals surface area contributed by atoms with Crippen LogP contribution in [0.15, 0.2) is 27.5 Å². The van der Waals surface area contributed by atoms with E-state index in [0.29, 0.717) is 39.3 Å². The second kappa shape index (κ2) is 7.40. The summed E-state index contributed by atoms with van der Waals surface area (Å²) in [5.41, 5.74) is 1.05. The minimum absolute atomic E-state index is 0.0635. The Bertz CT molecular complexity index is 1150. The molecule has 0 atom stereocenters. The molecule has 0 N–H and O–H groups in total. The lowest BCUT2D eigenvalue weighted by atomic mass is 10.1. The Morgan fingerprint density at radius 2 is 2.21 bits per heavy atom. The van der Waals surface area contributed by atoms with Crippen molar-refractivity contribution in [1.82, 2.24) is 14.5 Å². The highest BCUT2D eigenvalue weighted by Gasteiger charge is 2.26. The maximum Gasteiger partial charge on any atom is 0.264 e. The van der Waals surface area contributed by atoms with Crippen LogP contribution in [-0.2, 0) is 19.5 Å². The van der Waals surface area contributed by atoms with Crippen LogP contribution in [0.2, 0.25) is 0 Å². The summed E-state index contributed by atoms with van der Waals surface area (Å²) in [7, 11) is 0. The smallest absolute Gasteiger partial charge is 0.264 e. The number of thiophene rings is 1. The Kier molecular flexibility index (Phi) is 5.09. The molecule has 2 aromatic heterocycles. The number of hydrogen-bond acceptors (Lipinski definition) is 4. The molecule has 0 fully saturated rings. The van der Waals surface area contributed by atoms with E-state index < -0.39 is 0 Å². The number of hydrogen-bond donors (Lipinski definition) is 0. The molecule has 3 heterocycles. The van der Waals surface area contributed by atoms with E-state index in [1.165, 1.54) is 17.4 Å². The van der Waals surface area contributed by atoms with Crippen molar-refractivity contribution < 1.29 is 9.18 Å². The van der Waals surface area contributed by atoms with Crippen LogP contribution in [0.3, 0.4) is 0 Å². The summed E-state index contributed by atoms with van der Waals surface area (Å²) < 4.78 is 16.6. The molecule has 1 aliphatic rings. The second-order valence-electron chi connectivity index (χ2n) is 6.88. The van der Waals surface area contributed by atoms with Gasteiger partial charge in [0.1, 0.15) is 16.5 Å². The van der Waals surface area contributed by atoms with E-state index >= 15 is 0 Å². The average molecular weight is 464 g/mol. The van der Waals surface area contributed by atoms with Gasteiger partial charge in [-0.2, -0.15) is 0 Å². The van der Waals surface area contributed by atoms with Crippen molar-refractivity contribution in [2.75, 3.05) is 6.54 Å². The first kappa shape index (κ1) is 19.3. The lowest BCUT2D eigenvalue weighted by Crippen LogP contribution is -2.30. The fourth-order valence-corrected chi connectivity index (χ4v) is 5.19. The Labute approximate surface area is 173 Å². The summed E-state index contributed by atoms with van der Waals surface area (Å²) in [6.07, 6.45) is 1.71. The van der Waals surface area contributed by atoms with Crippen LogP contribution in [0.4, 0.5) is 4.39 Å². The first-order chi connectivity index (χ1) is 13.4. The summed E-state index contributed by atoms with van der Waals surface area (Å²) in [5.74, 6) is 0.243. The van der Waals surface area contributed by atoms with Gasteiger partial charge in [-0.05, 0) is 44.0 Å². The first-order valence-electron chi connectivity index (χ1n) is 9.16. The molecule has 0 saturated carbocycles. The molecule has 28 heavy (non-hydrogen) atoms. The molecule has 0 saturated heterocycles. The SMILES string of the molecule is CCN(Cc1cc(Br)ccc1F)C(=O)c1sc2nc3n(c(=O)c2c1C)CCC3. The van der Waals surface area contributed by atoms with E-state index in [1.54, 1.807) is 28.5 Å². The predicted octanol–water partition coefficient (Wildman–Crippen LogP) is 4.28. The number of rotatable bonds is 4. The number of carbonyl (C=O) groups excluding carboxylic acids is 1. The van der Waals surface area contributed by atoms with Gasteiger partial charge < -0.3 is 4.90 Å². The van der Waals surface area contributed by atoms with Crippen molar-refractivity contribution in [3.05, 3.63) is 60.7 Å². The average Bonchev–Trinajstić information content (AvgIpc) is 3.27. The van der Waals surface area contributed by atoms with Gasteiger partial charge in [-0.1, -0.05) is 15.9 Å². The minimum Gasteiger partial charge on any atom is -0.334 e. The van der Waals surface area contributed by atoms with Crippen LogP contribution < -0.4 is 5.56 Å². The number of halogens is 2. The molecular weight excluding hydrogens is 445 g/mol. The second-order valence-corrected chi connectivity index (χ2v) is 8.79. The van der Waals surface area contributed by atoms with E-state index in [0.717, 1.165) is 23.1 Å². The molecule has 0 unspecified atom stereocenters. The van der Waals surface area contributed by atoms with E-state index in [9.17, 15) is 14.0 Å². The highest BCUT2D eigenvalue weighted by atomic mass is 79.9. The van der Waals surface area contributed by atoms with Crippen LogP contribution in [-0.4, -0.2) is 26.9 Å². The molecule has 1 aromatic carbocycles. The molecule has 5 nitrogen and oxygen atoms in total. The number of fused-ring (bicyclic) bond motifs is 2. The van der Waals surface area contributed by atoms with E-state index in [-0.39, 0.29) is 23.8 Å². The van der Waals surface area contributed by atoms with Gasteiger partial charge in [0.25, 0.3) is 11.5 Å². The number of benzene rings is 1. The third kappa shape index (κ3) is 3.18. The molecule has 0 bridgehead atoms. The van der Waals surface area contributed by atoms with Crippen LogP contribution in [0.1, 0.15) is 40.0 Å².